The molecule has 1 aliphatic carbocycles. The highest BCUT2D eigenvalue weighted by Gasteiger charge is 2.41. The second-order valence-electron chi connectivity index (χ2n) is 10.7. The maximum absolute atomic E-state index is 12.8. The summed E-state index contributed by atoms with van der Waals surface area (Å²) in [6, 6.07) is 0. The molecule has 4 fully saturated rings. The molecular formula is C27H42O9. The molecule has 1 saturated carbocycles. The van der Waals surface area contributed by atoms with Gasteiger partial charge in [0.05, 0.1) is 75.7 Å². The topological polar surface area (TPSA) is 116 Å². The number of rotatable bonds is 18. The SMILES string of the molecule is O=C(OCCCCC1CO1)C1CC(C(=O)OCCCCC2CO2)CC(C(=O)OCCCCC2CO2)C1. The van der Waals surface area contributed by atoms with Crippen LogP contribution in [0.25, 0.3) is 0 Å². The first kappa shape index (κ1) is 27.3. The number of carbonyl (C=O) groups is 3. The van der Waals surface area contributed by atoms with Gasteiger partial charge in [-0.05, 0) is 77.0 Å². The van der Waals surface area contributed by atoms with E-state index in [9.17, 15) is 14.4 Å². The third-order valence-electron chi connectivity index (χ3n) is 7.41. The number of epoxide rings is 3. The van der Waals surface area contributed by atoms with Crippen molar-refractivity contribution < 1.29 is 42.8 Å². The van der Waals surface area contributed by atoms with Gasteiger partial charge in [0.1, 0.15) is 0 Å². The van der Waals surface area contributed by atoms with Gasteiger partial charge < -0.3 is 28.4 Å². The average Bonchev–Trinajstić information content (AvgIpc) is 3.73. The van der Waals surface area contributed by atoms with E-state index in [2.05, 4.69) is 0 Å². The zero-order valence-electron chi connectivity index (χ0n) is 21.4. The lowest BCUT2D eigenvalue weighted by molar-refractivity contribution is -0.161. The lowest BCUT2D eigenvalue weighted by Gasteiger charge is -2.31. The molecule has 9 nitrogen and oxygen atoms in total. The van der Waals surface area contributed by atoms with E-state index in [1.165, 1.54) is 0 Å². The number of carbonyl (C=O) groups excluding carboxylic acids is 3. The number of ether oxygens (including phenoxy) is 6. The van der Waals surface area contributed by atoms with Gasteiger partial charge in [0, 0.05) is 0 Å². The minimum absolute atomic E-state index is 0.332. The van der Waals surface area contributed by atoms with Crippen LogP contribution in [-0.4, -0.2) is 75.9 Å². The Balaban J connectivity index is 1.20. The molecular weight excluding hydrogens is 468 g/mol. The van der Waals surface area contributed by atoms with Crippen molar-refractivity contribution in [3.8, 4) is 0 Å². The molecule has 3 aliphatic heterocycles. The first-order valence-corrected chi connectivity index (χ1v) is 13.9. The van der Waals surface area contributed by atoms with Crippen molar-refractivity contribution in [2.45, 2.75) is 95.4 Å². The lowest BCUT2D eigenvalue weighted by Crippen LogP contribution is -2.37. The second-order valence-corrected chi connectivity index (χ2v) is 10.7. The normalized spacial score (nSPS) is 30.3. The van der Waals surface area contributed by atoms with Crippen LogP contribution in [0.2, 0.25) is 0 Å². The van der Waals surface area contributed by atoms with Crippen LogP contribution < -0.4 is 0 Å². The standard InChI is InChI=1S/C27H42O9/c28-25(31-10-4-1-7-22-16-34-22)19-13-20(26(29)32-11-5-2-8-23-17-35-23)15-21(14-19)27(30)33-12-6-3-9-24-18-36-24/h19-24H,1-18H2. The Morgan fingerprint density at radius 3 is 1.03 bits per heavy atom. The van der Waals surface area contributed by atoms with E-state index >= 15 is 0 Å². The van der Waals surface area contributed by atoms with Gasteiger partial charge in [-0.2, -0.15) is 0 Å². The van der Waals surface area contributed by atoms with E-state index in [0.717, 1.165) is 77.6 Å². The van der Waals surface area contributed by atoms with Crippen molar-refractivity contribution in [2.75, 3.05) is 39.6 Å². The largest absolute Gasteiger partial charge is 0.465 e. The predicted octanol–water partition coefficient (Wildman–Crippen LogP) is 3.36. The molecule has 0 amide bonds. The summed E-state index contributed by atoms with van der Waals surface area (Å²) in [5, 5.41) is 0. The molecule has 36 heavy (non-hydrogen) atoms. The zero-order chi connectivity index (χ0) is 25.2. The summed E-state index contributed by atoms with van der Waals surface area (Å²) in [6.45, 7) is 3.55. The molecule has 0 aromatic heterocycles. The van der Waals surface area contributed by atoms with Gasteiger partial charge in [-0.25, -0.2) is 0 Å². The summed E-state index contributed by atoms with van der Waals surface area (Å²) in [5.74, 6) is -2.50. The van der Waals surface area contributed by atoms with Crippen LogP contribution >= 0.6 is 0 Å². The van der Waals surface area contributed by atoms with Crippen LogP contribution in [0.4, 0.5) is 0 Å². The van der Waals surface area contributed by atoms with Crippen LogP contribution in [0.3, 0.4) is 0 Å². The molecule has 0 aromatic carbocycles. The van der Waals surface area contributed by atoms with Crippen LogP contribution in [0, 0.1) is 17.8 Å². The Morgan fingerprint density at radius 1 is 0.500 bits per heavy atom. The van der Waals surface area contributed by atoms with Gasteiger partial charge in [-0.1, -0.05) is 0 Å². The van der Waals surface area contributed by atoms with Crippen molar-refractivity contribution in [3.63, 3.8) is 0 Å². The van der Waals surface area contributed by atoms with Crippen molar-refractivity contribution in [1.29, 1.82) is 0 Å². The number of hydrogen-bond acceptors (Lipinski definition) is 9. The third kappa shape index (κ3) is 10.3. The molecule has 0 bridgehead atoms. The van der Waals surface area contributed by atoms with Crippen molar-refractivity contribution in [3.05, 3.63) is 0 Å². The Morgan fingerprint density at radius 2 is 0.778 bits per heavy atom. The van der Waals surface area contributed by atoms with Gasteiger partial charge >= 0.3 is 17.9 Å². The number of unbranched alkanes of at least 4 members (excludes halogenated alkanes) is 3. The summed E-state index contributed by atoms with van der Waals surface area (Å²) in [5.41, 5.74) is 0. The highest BCUT2D eigenvalue weighted by molar-refractivity contribution is 5.80. The van der Waals surface area contributed by atoms with E-state index in [1.807, 2.05) is 0 Å². The molecule has 3 saturated heterocycles. The fourth-order valence-corrected chi connectivity index (χ4v) is 4.89. The smallest absolute Gasteiger partial charge is 0.308 e. The second kappa shape index (κ2) is 14.3. The van der Waals surface area contributed by atoms with Crippen molar-refractivity contribution in [2.24, 2.45) is 17.8 Å². The maximum atomic E-state index is 12.8. The summed E-state index contributed by atoms with van der Waals surface area (Å²) < 4.78 is 32.2. The molecule has 204 valence electrons. The molecule has 4 aliphatic rings. The minimum Gasteiger partial charge on any atom is -0.465 e. The van der Waals surface area contributed by atoms with E-state index < -0.39 is 17.8 Å². The van der Waals surface area contributed by atoms with Crippen molar-refractivity contribution >= 4 is 17.9 Å². The molecule has 4 rings (SSSR count). The van der Waals surface area contributed by atoms with Crippen molar-refractivity contribution in [1.82, 2.24) is 0 Å². The minimum atomic E-state index is -0.500. The fourth-order valence-electron chi connectivity index (χ4n) is 4.89. The summed E-state index contributed by atoms with van der Waals surface area (Å²) in [6.07, 6.45) is 10.4. The first-order chi connectivity index (χ1) is 17.6. The number of hydrogen-bond donors (Lipinski definition) is 0. The van der Waals surface area contributed by atoms with Gasteiger partial charge in [-0.15, -0.1) is 0 Å². The summed E-state index contributed by atoms with van der Waals surface area (Å²) >= 11 is 0. The Labute approximate surface area is 213 Å². The molecule has 0 spiro atoms. The van der Waals surface area contributed by atoms with E-state index in [4.69, 9.17) is 28.4 Å². The lowest BCUT2D eigenvalue weighted by atomic mass is 9.75. The molecule has 0 aromatic rings. The Kier molecular flexibility index (Phi) is 10.8. The van der Waals surface area contributed by atoms with Gasteiger partial charge in [-0.3, -0.25) is 14.4 Å². The zero-order valence-corrected chi connectivity index (χ0v) is 21.4. The number of esters is 3. The van der Waals surface area contributed by atoms with Crippen LogP contribution in [-0.2, 0) is 42.8 Å². The monoisotopic (exact) mass is 510 g/mol. The average molecular weight is 511 g/mol. The summed E-state index contributed by atoms with van der Waals surface area (Å²) in [4.78, 5) is 38.4. The highest BCUT2D eigenvalue weighted by atomic mass is 16.6. The van der Waals surface area contributed by atoms with Crippen LogP contribution in [0.5, 0.6) is 0 Å². The third-order valence-corrected chi connectivity index (χ3v) is 7.41. The van der Waals surface area contributed by atoms with E-state index in [0.29, 0.717) is 57.4 Å². The van der Waals surface area contributed by atoms with Gasteiger partial charge in [0.2, 0.25) is 0 Å². The predicted molar refractivity (Wildman–Crippen MR) is 128 cm³/mol. The molecule has 3 unspecified atom stereocenters. The molecule has 3 heterocycles. The van der Waals surface area contributed by atoms with Crippen LogP contribution in [0.1, 0.15) is 77.0 Å². The Bertz CT molecular complexity index is 613. The Hall–Kier alpha value is -1.71. The summed E-state index contributed by atoms with van der Waals surface area (Å²) in [7, 11) is 0. The molecule has 0 N–H and O–H groups in total. The fraction of sp³-hybridized carbons (Fsp3) is 0.889. The molecule has 0 radical (unpaired) electrons. The van der Waals surface area contributed by atoms with E-state index in [-0.39, 0.29) is 17.9 Å². The molecule has 3 atom stereocenters. The van der Waals surface area contributed by atoms with Gasteiger partial charge in [0.15, 0.2) is 0 Å². The quantitative estimate of drug-likeness (QED) is 0.118. The maximum Gasteiger partial charge on any atom is 0.308 e. The van der Waals surface area contributed by atoms with Gasteiger partial charge in [0.25, 0.3) is 0 Å². The van der Waals surface area contributed by atoms with E-state index in [1.54, 1.807) is 0 Å². The van der Waals surface area contributed by atoms with Crippen LogP contribution in [0.15, 0.2) is 0 Å². The molecule has 9 heteroatoms. The highest BCUT2D eigenvalue weighted by Crippen LogP contribution is 2.36. The first-order valence-electron chi connectivity index (χ1n) is 13.9.